The molecule has 0 bridgehead atoms. The lowest BCUT2D eigenvalue weighted by atomic mass is 10.2. The van der Waals surface area contributed by atoms with Gasteiger partial charge >= 0.3 is 0 Å². The molecule has 2 aromatic rings. The Morgan fingerprint density at radius 3 is 2.60 bits per heavy atom. The molecular weight excluding hydrogens is 188 g/mol. The van der Waals surface area contributed by atoms with E-state index in [0.717, 1.165) is 18.1 Å². The summed E-state index contributed by atoms with van der Waals surface area (Å²) in [5.74, 6) is 1.01. The quantitative estimate of drug-likeness (QED) is 0.743. The molecule has 0 aliphatic rings. The van der Waals surface area contributed by atoms with E-state index in [0.29, 0.717) is 0 Å². The molecule has 0 unspecified atom stereocenters. The molecule has 0 fully saturated rings. The van der Waals surface area contributed by atoms with Crippen LogP contribution in [0.3, 0.4) is 0 Å². The molecule has 4 nitrogen and oxygen atoms in total. The second kappa shape index (κ2) is 4.04. The van der Waals surface area contributed by atoms with Gasteiger partial charge in [0.2, 0.25) is 0 Å². The second-order valence-electron chi connectivity index (χ2n) is 3.44. The first kappa shape index (κ1) is 9.58. The molecule has 1 heterocycles. The molecule has 0 aliphatic carbocycles. The van der Waals surface area contributed by atoms with E-state index in [1.165, 1.54) is 5.56 Å². The number of hydrogen-bond donors (Lipinski definition) is 2. The minimum absolute atomic E-state index is 0.778. The van der Waals surface area contributed by atoms with Crippen LogP contribution in [0.4, 0.5) is 11.5 Å². The predicted molar refractivity (Wildman–Crippen MR) is 61.4 cm³/mol. The Bertz CT molecular complexity index is 430. The first-order chi connectivity index (χ1) is 7.25. The molecular formula is C11H14N4. The maximum atomic E-state index is 5.61. The van der Waals surface area contributed by atoms with Crippen molar-refractivity contribution in [3.63, 3.8) is 0 Å². The molecule has 0 saturated carbocycles. The normalized spacial score (nSPS) is 10.2. The predicted octanol–water partition coefficient (Wildman–Crippen LogP) is 1.61. The molecule has 3 N–H and O–H groups in total. The third-order valence-corrected chi connectivity index (χ3v) is 2.27. The molecule has 0 saturated heterocycles. The third kappa shape index (κ3) is 2.28. The zero-order chi connectivity index (χ0) is 10.7. The molecule has 1 aromatic heterocycles. The van der Waals surface area contributed by atoms with Crippen LogP contribution in [0.1, 0.15) is 5.56 Å². The molecule has 1 aromatic carbocycles. The average molecular weight is 202 g/mol. The largest absolute Gasteiger partial charge is 0.399 e. The van der Waals surface area contributed by atoms with Crippen LogP contribution < -0.4 is 11.1 Å². The van der Waals surface area contributed by atoms with Gasteiger partial charge in [-0.2, -0.15) is 5.10 Å². The van der Waals surface area contributed by atoms with Crippen LogP contribution in [-0.2, 0) is 13.6 Å². The van der Waals surface area contributed by atoms with Gasteiger partial charge in [0.05, 0.1) is 6.20 Å². The lowest BCUT2D eigenvalue weighted by Crippen LogP contribution is -2.04. The minimum Gasteiger partial charge on any atom is -0.399 e. The van der Waals surface area contributed by atoms with Crippen molar-refractivity contribution in [3.05, 3.63) is 42.1 Å². The summed E-state index contributed by atoms with van der Waals surface area (Å²) in [4.78, 5) is 0. The summed E-state index contributed by atoms with van der Waals surface area (Å²) in [5.41, 5.74) is 7.60. The first-order valence-corrected chi connectivity index (χ1v) is 4.82. The first-order valence-electron chi connectivity index (χ1n) is 4.82. The van der Waals surface area contributed by atoms with Crippen molar-refractivity contribution in [3.8, 4) is 0 Å². The number of nitrogens with zero attached hydrogens (tertiary/aromatic N) is 2. The van der Waals surface area contributed by atoms with E-state index in [-0.39, 0.29) is 0 Å². The summed E-state index contributed by atoms with van der Waals surface area (Å²) in [6.45, 7) is 0.778. The van der Waals surface area contributed by atoms with Crippen molar-refractivity contribution in [2.24, 2.45) is 7.05 Å². The maximum absolute atomic E-state index is 5.61. The molecule has 15 heavy (non-hydrogen) atoms. The highest BCUT2D eigenvalue weighted by molar-refractivity contribution is 5.41. The van der Waals surface area contributed by atoms with Crippen molar-refractivity contribution < 1.29 is 0 Å². The second-order valence-corrected chi connectivity index (χ2v) is 3.44. The summed E-state index contributed by atoms with van der Waals surface area (Å²) in [6, 6.07) is 9.77. The molecule has 0 spiro atoms. The third-order valence-electron chi connectivity index (χ3n) is 2.27. The van der Waals surface area contributed by atoms with E-state index >= 15 is 0 Å². The van der Waals surface area contributed by atoms with E-state index in [4.69, 9.17) is 5.73 Å². The Morgan fingerprint density at radius 2 is 2.00 bits per heavy atom. The van der Waals surface area contributed by atoms with E-state index in [2.05, 4.69) is 10.4 Å². The van der Waals surface area contributed by atoms with Crippen molar-refractivity contribution in [1.29, 1.82) is 0 Å². The van der Waals surface area contributed by atoms with Gasteiger partial charge in [0.1, 0.15) is 5.82 Å². The van der Waals surface area contributed by atoms with Crippen LogP contribution in [0.15, 0.2) is 36.5 Å². The molecule has 0 atom stereocenters. The Balaban J connectivity index is 1.99. The highest BCUT2D eigenvalue weighted by Gasteiger charge is 1.97. The van der Waals surface area contributed by atoms with Gasteiger partial charge < -0.3 is 11.1 Å². The maximum Gasteiger partial charge on any atom is 0.124 e. The van der Waals surface area contributed by atoms with Gasteiger partial charge in [0.25, 0.3) is 0 Å². The summed E-state index contributed by atoms with van der Waals surface area (Å²) >= 11 is 0. The summed E-state index contributed by atoms with van der Waals surface area (Å²) in [6.07, 6.45) is 1.77. The van der Waals surface area contributed by atoms with Gasteiger partial charge in [0, 0.05) is 25.3 Å². The van der Waals surface area contributed by atoms with E-state index in [9.17, 15) is 0 Å². The highest BCUT2D eigenvalue weighted by Crippen LogP contribution is 2.09. The van der Waals surface area contributed by atoms with Crippen molar-refractivity contribution >= 4 is 11.5 Å². The van der Waals surface area contributed by atoms with Gasteiger partial charge in [-0.1, -0.05) is 12.1 Å². The summed E-state index contributed by atoms with van der Waals surface area (Å²) in [5, 5.41) is 7.37. The lowest BCUT2D eigenvalue weighted by Gasteiger charge is -2.06. The van der Waals surface area contributed by atoms with Crippen LogP contribution in [0.25, 0.3) is 0 Å². The fourth-order valence-corrected chi connectivity index (χ4v) is 1.38. The smallest absolute Gasteiger partial charge is 0.124 e. The highest BCUT2D eigenvalue weighted by atomic mass is 15.3. The topological polar surface area (TPSA) is 55.9 Å². The number of rotatable bonds is 3. The van der Waals surface area contributed by atoms with Gasteiger partial charge in [-0.3, -0.25) is 4.68 Å². The van der Waals surface area contributed by atoms with E-state index in [1.807, 2.05) is 37.4 Å². The SMILES string of the molecule is Cn1nccc1NCc1ccc(N)cc1. The summed E-state index contributed by atoms with van der Waals surface area (Å²) in [7, 11) is 1.91. The number of aromatic nitrogens is 2. The molecule has 0 amide bonds. The van der Waals surface area contributed by atoms with Gasteiger partial charge in [-0.05, 0) is 17.7 Å². The fraction of sp³-hybridized carbons (Fsp3) is 0.182. The average Bonchev–Trinajstić information content (AvgIpc) is 2.63. The Morgan fingerprint density at radius 1 is 1.27 bits per heavy atom. The number of aryl methyl sites for hydroxylation is 1. The monoisotopic (exact) mass is 202 g/mol. The summed E-state index contributed by atoms with van der Waals surface area (Å²) < 4.78 is 1.80. The standard InChI is InChI=1S/C11H14N4/c1-15-11(6-7-14-15)13-8-9-2-4-10(12)5-3-9/h2-7,13H,8,12H2,1H3. The zero-order valence-electron chi connectivity index (χ0n) is 8.64. The number of benzene rings is 1. The van der Waals surface area contributed by atoms with Crippen LogP contribution in [0.2, 0.25) is 0 Å². The molecule has 0 aliphatic heterocycles. The molecule has 2 rings (SSSR count). The Hall–Kier alpha value is -1.97. The van der Waals surface area contributed by atoms with Crippen LogP contribution in [0, 0.1) is 0 Å². The number of hydrogen-bond acceptors (Lipinski definition) is 3. The van der Waals surface area contributed by atoms with Crippen LogP contribution >= 0.6 is 0 Å². The number of nitrogens with two attached hydrogens (primary N) is 1. The minimum atomic E-state index is 0.778. The molecule has 4 heteroatoms. The van der Waals surface area contributed by atoms with Crippen LogP contribution in [-0.4, -0.2) is 9.78 Å². The number of nitrogen functional groups attached to an aromatic ring is 1. The number of nitrogens with one attached hydrogen (secondary N) is 1. The van der Waals surface area contributed by atoms with Gasteiger partial charge in [0.15, 0.2) is 0 Å². The van der Waals surface area contributed by atoms with E-state index < -0.39 is 0 Å². The molecule has 78 valence electrons. The van der Waals surface area contributed by atoms with Crippen molar-refractivity contribution in [2.45, 2.75) is 6.54 Å². The van der Waals surface area contributed by atoms with Crippen LogP contribution in [0.5, 0.6) is 0 Å². The van der Waals surface area contributed by atoms with Gasteiger partial charge in [-0.15, -0.1) is 0 Å². The Kier molecular flexibility index (Phi) is 2.58. The van der Waals surface area contributed by atoms with Crippen molar-refractivity contribution in [2.75, 3.05) is 11.1 Å². The Labute approximate surface area is 88.7 Å². The van der Waals surface area contributed by atoms with Crippen molar-refractivity contribution in [1.82, 2.24) is 9.78 Å². The fourth-order valence-electron chi connectivity index (χ4n) is 1.38. The van der Waals surface area contributed by atoms with E-state index in [1.54, 1.807) is 10.9 Å². The van der Waals surface area contributed by atoms with Gasteiger partial charge in [-0.25, -0.2) is 0 Å². The lowest BCUT2D eigenvalue weighted by molar-refractivity contribution is 0.769. The number of anilines is 2. The zero-order valence-corrected chi connectivity index (χ0v) is 8.64. The molecule has 0 radical (unpaired) electrons.